The summed E-state index contributed by atoms with van der Waals surface area (Å²) in [5.41, 5.74) is 0. The zero-order chi connectivity index (χ0) is 47.1. The van der Waals surface area contributed by atoms with Crippen LogP contribution in [0.1, 0.15) is 252 Å². The molecular formula is C56H110N2O7. The fourth-order valence-corrected chi connectivity index (χ4v) is 9.60. The normalized spacial score (nSPS) is 13.6. The third-order valence-corrected chi connectivity index (χ3v) is 14.0. The molecule has 1 fully saturated rings. The van der Waals surface area contributed by atoms with Crippen molar-refractivity contribution in [2.75, 3.05) is 79.0 Å². The Morgan fingerprint density at radius 2 is 0.846 bits per heavy atom. The molecule has 0 aromatic heterocycles. The number of carbonyl (C=O) groups excluding carboxylic acids is 2. The lowest BCUT2D eigenvalue weighted by atomic mass is 9.94. The molecule has 0 radical (unpaired) electrons. The molecule has 0 bridgehead atoms. The van der Waals surface area contributed by atoms with Crippen LogP contribution in [-0.2, 0) is 28.5 Å². The van der Waals surface area contributed by atoms with E-state index in [4.69, 9.17) is 18.9 Å². The average Bonchev–Trinajstić information content (AvgIpc) is 3.32. The van der Waals surface area contributed by atoms with Gasteiger partial charge in [0, 0.05) is 38.8 Å². The van der Waals surface area contributed by atoms with E-state index in [9.17, 15) is 14.7 Å². The number of hydrogen-bond donors (Lipinski definition) is 1. The van der Waals surface area contributed by atoms with Crippen molar-refractivity contribution in [3.05, 3.63) is 0 Å². The fraction of sp³-hybridized carbons (Fsp3) is 0.964. The van der Waals surface area contributed by atoms with Gasteiger partial charge in [-0.05, 0) is 50.4 Å². The quantitative estimate of drug-likeness (QED) is 0.0472. The summed E-state index contributed by atoms with van der Waals surface area (Å²) in [6, 6.07) is 0.543. The van der Waals surface area contributed by atoms with Gasteiger partial charge in [0.1, 0.15) is 0 Å². The summed E-state index contributed by atoms with van der Waals surface area (Å²) >= 11 is 0. The summed E-state index contributed by atoms with van der Waals surface area (Å²) in [5.74, 6) is 0.662. The molecule has 9 heteroatoms. The molecule has 1 saturated carbocycles. The first-order valence-corrected chi connectivity index (χ1v) is 28.5. The Morgan fingerprint density at radius 1 is 0.462 bits per heavy atom. The van der Waals surface area contributed by atoms with Gasteiger partial charge in [-0.1, -0.05) is 201 Å². The van der Waals surface area contributed by atoms with Gasteiger partial charge in [0.25, 0.3) is 0 Å². The van der Waals surface area contributed by atoms with Crippen molar-refractivity contribution in [2.24, 2.45) is 11.8 Å². The number of aliphatic hydroxyl groups excluding tert-OH is 1. The third kappa shape index (κ3) is 39.3. The summed E-state index contributed by atoms with van der Waals surface area (Å²) in [6.45, 7) is 16.0. The molecule has 1 rings (SSSR count). The van der Waals surface area contributed by atoms with E-state index < -0.39 is 0 Å². The number of ether oxygens (including phenoxy) is 4. The zero-order valence-corrected chi connectivity index (χ0v) is 43.8. The highest BCUT2D eigenvalue weighted by Gasteiger charge is 2.22. The molecule has 9 nitrogen and oxygen atoms in total. The molecule has 1 aliphatic rings. The van der Waals surface area contributed by atoms with Crippen molar-refractivity contribution in [2.45, 2.75) is 258 Å². The van der Waals surface area contributed by atoms with Gasteiger partial charge in [-0.3, -0.25) is 19.4 Å². The molecule has 1 N–H and O–H groups in total. The van der Waals surface area contributed by atoms with Crippen LogP contribution in [0.2, 0.25) is 0 Å². The molecule has 0 aromatic rings. The van der Waals surface area contributed by atoms with Crippen molar-refractivity contribution in [3.8, 4) is 0 Å². The predicted octanol–water partition coefficient (Wildman–Crippen LogP) is 14.0. The van der Waals surface area contributed by atoms with Crippen LogP contribution in [0, 0.1) is 11.8 Å². The van der Waals surface area contributed by atoms with E-state index in [2.05, 4.69) is 37.5 Å². The summed E-state index contributed by atoms with van der Waals surface area (Å²) in [4.78, 5) is 30.4. The van der Waals surface area contributed by atoms with E-state index in [0.717, 1.165) is 32.5 Å². The van der Waals surface area contributed by atoms with E-state index in [0.29, 0.717) is 77.0 Å². The number of unbranched alkanes of at least 4 members (excludes halogenated alkanes) is 20. The maximum absolute atomic E-state index is 12.8. The molecule has 0 aromatic carbocycles. The maximum Gasteiger partial charge on any atom is 0.308 e. The van der Waals surface area contributed by atoms with E-state index in [-0.39, 0.29) is 25.0 Å². The lowest BCUT2D eigenvalue weighted by molar-refractivity contribution is -0.147. The van der Waals surface area contributed by atoms with E-state index >= 15 is 0 Å². The number of carbonyl (C=O) groups is 2. The highest BCUT2D eigenvalue weighted by molar-refractivity contribution is 5.69. The molecule has 0 spiro atoms. The summed E-state index contributed by atoms with van der Waals surface area (Å²) in [7, 11) is 0. The van der Waals surface area contributed by atoms with Crippen molar-refractivity contribution >= 4 is 11.9 Å². The Bertz CT molecular complexity index is 979. The van der Waals surface area contributed by atoms with Gasteiger partial charge >= 0.3 is 11.9 Å². The van der Waals surface area contributed by atoms with Crippen molar-refractivity contribution < 1.29 is 33.6 Å². The van der Waals surface area contributed by atoms with Crippen LogP contribution in [0.25, 0.3) is 0 Å². The molecule has 0 atom stereocenters. The first-order valence-electron chi connectivity index (χ1n) is 28.5. The number of nitrogens with zero attached hydrogens (tertiary/aromatic N) is 2. The summed E-state index contributed by atoms with van der Waals surface area (Å²) in [6.07, 6.45) is 42.7. The van der Waals surface area contributed by atoms with Crippen LogP contribution >= 0.6 is 0 Å². The van der Waals surface area contributed by atoms with Gasteiger partial charge < -0.3 is 24.1 Å². The molecule has 0 unspecified atom stereocenters. The van der Waals surface area contributed by atoms with Crippen LogP contribution in [0.15, 0.2) is 0 Å². The lowest BCUT2D eigenvalue weighted by Crippen LogP contribution is -2.44. The number of esters is 2. The maximum atomic E-state index is 12.8. The second-order valence-corrected chi connectivity index (χ2v) is 19.9. The van der Waals surface area contributed by atoms with E-state index in [1.54, 1.807) is 0 Å². The molecule has 0 heterocycles. The number of rotatable bonds is 50. The van der Waals surface area contributed by atoms with Gasteiger partial charge in [-0.25, -0.2) is 0 Å². The van der Waals surface area contributed by atoms with E-state index in [1.165, 1.54) is 199 Å². The minimum absolute atomic E-state index is 0.104. The minimum atomic E-state index is -0.151. The molecule has 1 aliphatic carbocycles. The van der Waals surface area contributed by atoms with Gasteiger partial charge in [-0.15, -0.1) is 0 Å². The SMILES string of the molecule is CCCCCCCCC(CCCCCCCC)COC(=O)CCOCCN(CCO)CCN(CCOCCC(=O)OCC(CCCCCCCC)CCCCCCCC)C1CCCCC1. The van der Waals surface area contributed by atoms with E-state index in [1.807, 2.05) is 0 Å². The second kappa shape index (κ2) is 47.8. The first-order chi connectivity index (χ1) is 32.0. The Balaban J connectivity index is 2.45. The Hall–Kier alpha value is -1.26. The van der Waals surface area contributed by atoms with Crippen molar-refractivity contribution in [3.63, 3.8) is 0 Å². The molecule has 65 heavy (non-hydrogen) atoms. The standard InChI is InChI=1S/C56H110N2O7/c1-5-9-13-17-21-26-32-52(33-27-22-18-14-10-6-2)50-64-55(60)38-46-62-48-43-57(42-45-59)40-41-58(54-36-30-25-31-37-54)44-49-63-47-39-56(61)65-51-53(34-28-23-19-15-11-7-3)35-29-24-20-16-12-8-4/h52-54,59H,5-51H2,1-4H3. The largest absolute Gasteiger partial charge is 0.465 e. The lowest BCUT2D eigenvalue weighted by Gasteiger charge is -2.35. The predicted molar refractivity (Wildman–Crippen MR) is 274 cm³/mol. The topological polar surface area (TPSA) is 97.8 Å². The monoisotopic (exact) mass is 923 g/mol. The summed E-state index contributed by atoms with van der Waals surface area (Å²) in [5, 5.41) is 9.88. The third-order valence-electron chi connectivity index (χ3n) is 14.0. The zero-order valence-electron chi connectivity index (χ0n) is 43.8. The molecule has 0 saturated heterocycles. The van der Waals surface area contributed by atoms with Crippen LogP contribution in [-0.4, -0.2) is 112 Å². The highest BCUT2D eigenvalue weighted by Crippen LogP contribution is 2.24. The Labute approximate surface area is 403 Å². The van der Waals surface area contributed by atoms with Crippen LogP contribution in [0.4, 0.5) is 0 Å². The first kappa shape index (κ1) is 61.8. The molecule has 0 aliphatic heterocycles. The van der Waals surface area contributed by atoms with Gasteiger partial charge in [-0.2, -0.15) is 0 Å². The number of aliphatic hydroxyl groups is 1. The Morgan fingerprint density at radius 3 is 1.25 bits per heavy atom. The van der Waals surface area contributed by atoms with Gasteiger partial charge in [0.2, 0.25) is 0 Å². The fourth-order valence-electron chi connectivity index (χ4n) is 9.60. The van der Waals surface area contributed by atoms with Crippen LogP contribution < -0.4 is 0 Å². The molecular weight excluding hydrogens is 813 g/mol. The highest BCUT2D eigenvalue weighted by atomic mass is 16.5. The number of hydrogen-bond acceptors (Lipinski definition) is 9. The molecule has 0 amide bonds. The Kier molecular flexibility index (Phi) is 45.4. The van der Waals surface area contributed by atoms with Crippen molar-refractivity contribution in [1.82, 2.24) is 9.80 Å². The second-order valence-electron chi connectivity index (χ2n) is 19.9. The van der Waals surface area contributed by atoms with Gasteiger partial charge in [0.15, 0.2) is 0 Å². The smallest absolute Gasteiger partial charge is 0.308 e. The van der Waals surface area contributed by atoms with Crippen LogP contribution in [0.5, 0.6) is 0 Å². The van der Waals surface area contributed by atoms with Crippen molar-refractivity contribution in [1.29, 1.82) is 0 Å². The minimum Gasteiger partial charge on any atom is -0.465 e. The summed E-state index contributed by atoms with van der Waals surface area (Å²) < 4.78 is 23.7. The van der Waals surface area contributed by atoms with Gasteiger partial charge in [0.05, 0.1) is 59.1 Å². The van der Waals surface area contributed by atoms with Crippen LogP contribution in [0.3, 0.4) is 0 Å². The average molecular weight is 924 g/mol. The molecule has 386 valence electrons.